The van der Waals surface area contributed by atoms with Gasteiger partial charge in [-0.2, -0.15) is 0 Å². The molecule has 1 fully saturated rings. The number of rotatable bonds is 7. The summed E-state index contributed by atoms with van der Waals surface area (Å²) in [7, 11) is 3.01. The molecule has 0 spiro atoms. The monoisotopic (exact) mass is 474 g/mol. The number of nitrogens with zero attached hydrogens (tertiary/aromatic N) is 3. The molecule has 2 heterocycles. The minimum atomic E-state index is -2.93. The number of fused-ring (bicyclic) bond motifs is 1. The Labute approximate surface area is 196 Å². The van der Waals surface area contributed by atoms with E-state index in [1.165, 1.54) is 19.0 Å². The van der Waals surface area contributed by atoms with Gasteiger partial charge in [0, 0.05) is 37.3 Å². The highest BCUT2D eigenvalue weighted by molar-refractivity contribution is 6.01. The lowest BCUT2D eigenvalue weighted by Gasteiger charge is -2.42. The van der Waals surface area contributed by atoms with Gasteiger partial charge in [0.25, 0.3) is 11.8 Å². The summed E-state index contributed by atoms with van der Waals surface area (Å²) in [5.74, 6) is -4.65. The van der Waals surface area contributed by atoms with Gasteiger partial charge in [-0.1, -0.05) is 6.07 Å². The van der Waals surface area contributed by atoms with Gasteiger partial charge in [0.1, 0.15) is 5.82 Å². The predicted molar refractivity (Wildman–Crippen MR) is 127 cm³/mol. The second kappa shape index (κ2) is 9.17. The minimum Gasteiger partial charge on any atom is -0.365 e. The molecule has 1 amide bonds. The van der Waals surface area contributed by atoms with Gasteiger partial charge in [0.05, 0.1) is 23.2 Å². The summed E-state index contributed by atoms with van der Waals surface area (Å²) in [6.07, 6.45) is 2.47. The number of primary amides is 1. The zero-order chi connectivity index (χ0) is 24.6. The smallest absolute Gasteiger partial charge is 0.265 e. The second-order valence-electron chi connectivity index (χ2n) is 8.62. The number of amides is 1. The first-order valence-electron chi connectivity index (χ1n) is 11.3. The largest absolute Gasteiger partial charge is 0.365 e. The van der Waals surface area contributed by atoms with Gasteiger partial charge in [-0.3, -0.25) is 4.79 Å². The molecular formula is C24H29F3N6O. The van der Waals surface area contributed by atoms with Crippen LogP contribution in [-0.4, -0.2) is 47.6 Å². The van der Waals surface area contributed by atoms with E-state index in [0.717, 1.165) is 23.5 Å². The molecule has 4 N–H and O–H groups in total. The first-order valence-corrected chi connectivity index (χ1v) is 11.3. The summed E-state index contributed by atoms with van der Waals surface area (Å²) in [6.45, 7) is 2.81. The van der Waals surface area contributed by atoms with E-state index in [4.69, 9.17) is 5.73 Å². The molecule has 0 aliphatic heterocycles. The molecule has 34 heavy (non-hydrogen) atoms. The standard InChI is InChI=1S/C24H29F3N6O/c1-4-33-12-10-14-17(7-5-8-18(14)33)30-22-15(21(28)34)13-16(25)23(31-22)32(3)19-9-6-11-24(26,27)20(19)29-2/h5,7-8,10,12-13,19-20,29H,4,6,9,11H2,1-3H3,(H2,28,34)(H,30,31). The molecule has 1 saturated carbocycles. The molecule has 182 valence electrons. The van der Waals surface area contributed by atoms with Crippen molar-refractivity contribution in [1.29, 1.82) is 0 Å². The topological polar surface area (TPSA) is 88.2 Å². The van der Waals surface area contributed by atoms with Crippen molar-refractivity contribution < 1.29 is 18.0 Å². The van der Waals surface area contributed by atoms with Gasteiger partial charge in [0.15, 0.2) is 11.6 Å². The normalized spacial score (nSPS) is 19.8. The van der Waals surface area contributed by atoms with E-state index >= 15 is 4.39 Å². The van der Waals surface area contributed by atoms with Crippen molar-refractivity contribution >= 4 is 34.1 Å². The van der Waals surface area contributed by atoms with Crippen LogP contribution < -0.4 is 21.3 Å². The molecule has 0 saturated heterocycles. The molecule has 3 aromatic rings. The van der Waals surface area contributed by atoms with Crippen LogP contribution in [0.25, 0.3) is 10.9 Å². The summed E-state index contributed by atoms with van der Waals surface area (Å²) in [4.78, 5) is 17.9. The molecule has 2 unspecified atom stereocenters. The Bertz CT molecular complexity index is 1210. The highest BCUT2D eigenvalue weighted by Crippen LogP contribution is 2.38. The molecule has 2 aromatic heterocycles. The van der Waals surface area contributed by atoms with Crippen LogP contribution in [0, 0.1) is 5.82 Å². The number of alkyl halides is 2. The van der Waals surface area contributed by atoms with E-state index in [9.17, 15) is 13.6 Å². The number of carbonyl (C=O) groups excluding carboxylic acids is 1. The number of likely N-dealkylation sites (N-methyl/N-ethyl adjacent to an activating group) is 2. The number of hydrogen-bond donors (Lipinski definition) is 3. The average Bonchev–Trinajstić information content (AvgIpc) is 3.22. The van der Waals surface area contributed by atoms with Crippen LogP contribution in [-0.2, 0) is 6.54 Å². The van der Waals surface area contributed by atoms with Crippen molar-refractivity contribution in [1.82, 2.24) is 14.9 Å². The number of anilines is 3. The van der Waals surface area contributed by atoms with Crippen LogP contribution >= 0.6 is 0 Å². The van der Waals surface area contributed by atoms with Gasteiger partial charge in [-0.25, -0.2) is 18.2 Å². The number of aromatic nitrogens is 2. The summed E-state index contributed by atoms with van der Waals surface area (Å²) < 4.78 is 46.2. The zero-order valence-electron chi connectivity index (χ0n) is 19.4. The number of aryl methyl sites for hydroxylation is 1. The number of pyridine rings is 1. The van der Waals surface area contributed by atoms with Gasteiger partial charge < -0.3 is 25.8 Å². The number of halogens is 3. The van der Waals surface area contributed by atoms with E-state index in [0.29, 0.717) is 18.5 Å². The molecule has 7 nitrogen and oxygen atoms in total. The van der Waals surface area contributed by atoms with E-state index in [1.807, 2.05) is 37.4 Å². The van der Waals surface area contributed by atoms with Crippen LogP contribution in [0.2, 0.25) is 0 Å². The van der Waals surface area contributed by atoms with Crippen molar-refractivity contribution in [2.45, 2.75) is 50.7 Å². The lowest BCUT2D eigenvalue weighted by Crippen LogP contribution is -2.59. The van der Waals surface area contributed by atoms with Crippen LogP contribution in [0.4, 0.5) is 30.5 Å². The fourth-order valence-corrected chi connectivity index (χ4v) is 4.87. The molecule has 2 atom stereocenters. The number of nitrogens with one attached hydrogen (secondary N) is 2. The number of benzene rings is 1. The third-order valence-corrected chi connectivity index (χ3v) is 6.62. The lowest BCUT2D eigenvalue weighted by atomic mass is 9.86. The highest BCUT2D eigenvalue weighted by Gasteiger charge is 2.48. The van der Waals surface area contributed by atoms with Crippen LogP contribution in [0.15, 0.2) is 36.5 Å². The lowest BCUT2D eigenvalue weighted by molar-refractivity contribution is -0.0685. The summed E-state index contributed by atoms with van der Waals surface area (Å²) in [5, 5.41) is 6.70. The number of nitrogens with two attached hydrogens (primary N) is 1. The Hall–Kier alpha value is -3.27. The zero-order valence-corrected chi connectivity index (χ0v) is 19.4. The first-order chi connectivity index (χ1) is 16.2. The number of carbonyl (C=O) groups is 1. The minimum absolute atomic E-state index is 0.0658. The third-order valence-electron chi connectivity index (χ3n) is 6.62. The van der Waals surface area contributed by atoms with Crippen LogP contribution in [0.3, 0.4) is 0 Å². The Morgan fingerprint density at radius 2 is 2.12 bits per heavy atom. The first kappa shape index (κ1) is 23.9. The van der Waals surface area contributed by atoms with Gasteiger partial charge in [0.2, 0.25) is 0 Å². The Balaban J connectivity index is 1.76. The molecule has 10 heteroatoms. The van der Waals surface area contributed by atoms with E-state index in [1.54, 1.807) is 0 Å². The maximum Gasteiger partial charge on any atom is 0.265 e. The van der Waals surface area contributed by atoms with Crippen molar-refractivity contribution in [3.8, 4) is 0 Å². The van der Waals surface area contributed by atoms with E-state index < -0.39 is 29.7 Å². The third kappa shape index (κ3) is 4.18. The molecule has 1 aromatic carbocycles. The molecule has 0 radical (unpaired) electrons. The molecule has 4 rings (SSSR count). The molecular weight excluding hydrogens is 445 g/mol. The summed E-state index contributed by atoms with van der Waals surface area (Å²) in [6, 6.07) is 6.74. The quantitative estimate of drug-likeness (QED) is 0.477. The van der Waals surface area contributed by atoms with Gasteiger partial charge in [-0.05, 0) is 51.1 Å². The molecule has 1 aliphatic carbocycles. The fourth-order valence-electron chi connectivity index (χ4n) is 4.87. The number of hydrogen-bond acceptors (Lipinski definition) is 5. The molecule has 1 aliphatic rings. The predicted octanol–water partition coefficient (Wildman–Crippen LogP) is 4.25. The van der Waals surface area contributed by atoms with Crippen LogP contribution in [0.1, 0.15) is 36.5 Å². The van der Waals surface area contributed by atoms with Gasteiger partial charge in [-0.15, -0.1) is 0 Å². The Kier molecular flexibility index (Phi) is 6.44. The summed E-state index contributed by atoms with van der Waals surface area (Å²) in [5.41, 5.74) is 7.03. The van der Waals surface area contributed by atoms with Crippen molar-refractivity contribution in [3.63, 3.8) is 0 Å². The second-order valence-corrected chi connectivity index (χ2v) is 8.62. The Morgan fingerprint density at radius 1 is 1.35 bits per heavy atom. The summed E-state index contributed by atoms with van der Waals surface area (Å²) >= 11 is 0. The van der Waals surface area contributed by atoms with Crippen molar-refractivity contribution in [2.75, 3.05) is 24.3 Å². The van der Waals surface area contributed by atoms with Gasteiger partial charge >= 0.3 is 0 Å². The van der Waals surface area contributed by atoms with Crippen molar-refractivity contribution in [3.05, 3.63) is 47.9 Å². The SMILES string of the molecule is CCn1ccc2c(Nc3nc(N(C)C4CCCC(F)(F)C4NC)c(F)cc3C(N)=O)cccc21. The maximum absolute atomic E-state index is 15.1. The highest BCUT2D eigenvalue weighted by atomic mass is 19.3. The van der Waals surface area contributed by atoms with E-state index in [2.05, 4.69) is 20.2 Å². The average molecular weight is 475 g/mol. The fraction of sp³-hybridized carbons (Fsp3) is 0.417. The Morgan fingerprint density at radius 3 is 2.79 bits per heavy atom. The molecule has 0 bridgehead atoms. The van der Waals surface area contributed by atoms with Crippen LogP contribution in [0.5, 0.6) is 0 Å². The van der Waals surface area contributed by atoms with Crippen molar-refractivity contribution in [2.24, 2.45) is 5.73 Å². The van der Waals surface area contributed by atoms with E-state index in [-0.39, 0.29) is 23.6 Å². The maximum atomic E-state index is 15.1.